The van der Waals surface area contributed by atoms with E-state index >= 15 is 0 Å². The molecule has 0 amide bonds. The number of benzene rings is 1. The second-order valence-corrected chi connectivity index (χ2v) is 6.11. The Morgan fingerprint density at radius 2 is 2.11 bits per heavy atom. The molecule has 0 aliphatic heterocycles. The third-order valence-corrected chi connectivity index (χ3v) is 3.44. The minimum Gasteiger partial charge on any atom is -0.496 e. The Morgan fingerprint density at radius 3 is 2.72 bits per heavy atom. The molecular weight excluding hydrogens is 294 g/mol. The van der Waals surface area contributed by atoms with Crippen LogP contribution in [0.25, 0.3) is 0 Å². The number of rotatable bonds is 7. The van der Waals surface area contributed by atoms with Crippen molar-refractivity contribution < 1.29 is 9.84 Å². The fourth-order valence-corrected chi connectivity index (χ4v) is 2.22. The first-order valence-electron chi connectivity index (χ1n) is 6.12. The SMILES string of the molecule is COc1ccc(Br)cc1CNCC(C)(C)CCO. The van der Waals surface area contributed by atoms with E-state index in [2.05, 4.69) is 41.2 Å². The summed E-state index contributed by atoms with van der Waals surface area (Å²) >= 11 is 3.47. The predicted molar refractivity (Wildman–Crippen MR) is 77.9 cm³/mol. The second kappa shape index (κ2) is 7.12. The van der Waals surface area contributed by atoms with E-state index in [1.54, 1.807) is 7.11 Å². The summed E-state index contributed by atoms with van der Waals surface area (Å²) in [4.78, 5) is 0. The van der Waals surface area contributed by atoms with Gasteiger partial charge in [0, 0.05) is 29.7 Å². The van der Waals surface area contributed by atoms with Crippen molar-refractivity contribution >= 4 is 15.9 Å². The Hall–Kier alpha value is -0.580. The van der Waals surface area contributed by atoms with Crippen LogP contribution in [0.2, 0.25) is 0 Å². The van der Waals surface area contributed by atoms with Gasteiger partial charge in [-0.15, -0.1) is 0 Å². The van der Waals surface area contributed by atoms with E-state index in [0.29, 0.717) is 0 Å². The molecule has 0 unspecified atom stereocenters. The Morgan fingerprint density at radius 1 is 1.39 bits per heavy atom. The van der Waals surface area contributed by atoms with E-state index in [1.165, 1.54) is 0 Å². The quantitative estimate of drug-likeness (QED) is 0.813. The highest BCUT2D eigenvalue weighted by atomic mass is 79.9. The minimum atomic E-state index is 0.105. The van der Waals surface area contributed by atoms with Crippen LogP contribution in [0.4, 0.5) is 0 Å². The molecule has 0 atom stereocenters. The van der Waals surface area contributed by atoms with Crippen LogP contribution in [-0.2, 0) is 6.54 Å². The average Bonchev–Trinajstić information content (AvgIpc) is 2.29. The Balaban J connectivity index is 2.55. The van der Waals surface area contributed by atoms with Gasteiger partial charge in [-0.2, -0.15) is 0 Å². The van der Waals surface area contributed by atoms with E-state index in [9.17, 15) is 0 Å². The molecule has 0 aromatic heterocycles. The standard InChI is InChI=1S/C14H22BrNO2/c1-14(2,6-7-17)10-16-9-11-8-12(15)4-5-13(11)18-3/h4-5,8,16-17H,6-7,9-10H2,1-3H3. The van der Waals surface area contributed by atoms with Crippen LogP contribution in [-0.4, -0.2) is 25.4 Å². The van der Waals surface area contributed by atoms with Crippen molar-refractivity contribution in [2.45, 2.75) is 26.8 Å². The highest BCUT2D eigenvalue weighted by Crippen LogP contribution is 2.23. The van der Waals surface area contributed by atoms with Gasteiger partial charge in [0.05, 0.1) is 7.11 Å². The van der Waals surface area contributed by atoms with Gasteiger partial charge in [0.1, 0.15) is 5.75 Å². The molecule has 2 N–H and O–H groups in total. The van der Waals surface area contributed by atoms with Crippen LogP contribution in [0.1, 0.15) is 25.8 Å². The van der Waals surface area contributed by atoms with Gasteiger partial charge in [-0.05, 0) is 30.0 Å². The molecule has 1 rings (SSSR count). The fraction of sp³-hybridized carbons (Fsp3) is 0.571. The number of nitrogens with one attached hydrogen (secondary N) is 1. The molecule has 1 aromatic rings. The van der Waals surface area contributed by atoms with Crippen LogP contribution < -0.4 is 10.1 Å². The molecule has 0 bridgehead atoms. The van der Waals surface area contributed by atoms with Crippen molar-refractivity contribution in [3.8, 4) is 5.75 Å². The first-order valence-corrected chi connectivity index (χ1v) is 6.92. The lowest BCUT2D eigenvalue weighted by atomic mass is 9.90. The van der Waals surface area contributed by atoms with Gasteiger partial charge >= 0.3 is 0 Å². The van der Waals surface area contributed by atoms with E-state index < -0.39 is 0 Å². The molecule has 0 saturated heterocycles. The lowest BCUT2D eigenvalue weighted by Gasteiger charge is -2.24. The molecule has 18 heavy (non-hydrogen) atoms. The van der Waals surface area contributed by atoms with Crippen LogP contribution in [0.5, 0.6) is 5.75 Å². The highest BCUT2D eigenvalue weighted by molar-refractivity contribution is 9.10. The van der Waals surface area contributed by atoms with E-state index in [0.717, 1.165) is 35.3 Å². The van der Waals surface area contributed by atoms with Crippen molar-refractivity contribution in [1.29, 1.82) is 0 Å². The molecule has 0 fully saturated rings. The first-order chi connectivity index (χ1) is 8.48. The number of aliphatic hydroxyl groups is 1. The summed E-state index contributed by atoms with van der Waals surface area (Å²) in [7, 11) is 1.68. The molecule has 1 aromatic carbocycles. The molecule has 0 heterocycles. The first kappa shape index (κ1) is 15.5. The van der Waals surface area contributed by atoms with Gasteiger partial charge in [0.15, 0.2) is 0 Å². The number of hydrogen-bond donors (Lipinski definition) is 2. The molecule has 0 aliphatic rings. The van der Waals surface area contributed by atoms with Crippen molar-refractivity contribution in [1.82, 2.24) is 5.32 Å². The van der Waals surface area contributed by atoms with Crippen molar-refractivity contribution in [3.63, 3.8) is 0 Å². The largest absolute Gasteiger partial charge is 0.496 e. The maximum Gasteiger partial charge on any atom is 0.123 e. The van der Waals surface area contributed by atoms with Crippen LogP contribution in [0, 0.1) is 5.41 Å². The van der Waals surface area contributed by atoms with Crippen LogP contribution in [0.3, 0.4) is 0 Å². The van der Waals surface area contributed by atoms with Crippen molar-refractivity contribution in [2.75, 3.05) is 20.3 Å². The summed E-state index contributed by atoms with van der Waals surface area (Å²) in [6.45, 7) is 6.15. The molecule has 0 spiro atoms. The normalized spacial score (nSPS) is 11.6. The summed E-state index contributed by atoms with van der Waals surface area (Å²) in [6.07, 6.45) is 0.801. The summed E-state index contributed by atoms with van der Waals surface area (Å²) in [5.74, 6) is 0.894. The molecule has 4 heteroatoms. The van der Waals surface area contributed by atoms with E-state index in [4.69, 9.17) is 9.84 Å². The van der Waals surface area contributed by atoms with E-state index in [-0.39, 0.29) is 12.0 Å². The number of aliphatic hydroxyl groups excluding tert-OH is 1. The molecule has 0 aliphatic carbocycles. The van der Waals surface area contributed by atoms with Crippen molar-refractivity contribution in [2.24, 2.45) is 5.41 Å². The zero-order valence-electron chi connectivity index (χ0n) is 11.3. The Kier molecular flexibility index (Phi) is 6.12. The zero-order valence-corrected chi connectivity index (χ0v) is 12.9. The summed E-state index contributed by atoms with van der Waals surface area (Å²) < 4.78 is 6.38. The summed E-state index contributed by atoms with van der Waals surface area (Å²) in [6, 6.07) is 5.99. The molecule has 3 nitrogen and oxygen atoms in total. The Bertz CT molecular complexity index is 380. The second-order valence-electron chi connectivity index (χ2n) is 5.20. The van der Waals surface area contributed by atoms with Gasteiger partial charge in [-0.25, -0.2) is 0 Å². The number of methoxy groups -OCH3 is 1. The maximum atomic E-state index is 8.98. The maximum absolute atomic E-state index is 8.98. The van der Waals surface area contributed by atoms with Gasteiger partial charge in [-0.1, -0.05) is 29.8 Å². The average molecular weight is 316 g/mol. The van der Waals surface area contributed by atoms with Gasteiger partial charge < -0.3 is 15.2 Å². The summed E-state index contributed by atoms with van der Waals surface area (Å²) in [5.41, 5.74) is 1.24. The number of halogens is 1. The van der Waals surface area contributed by atoms with Gasteiger partial charge in [0.2, 0.25) is 0 Å². The Labute approximate surface area is 118 Å². The zero-order chi connectivity index (χ0) is 13.6. The number of hydrogen-bond acceptors (Lipinski definition) is 3. The predicted octanol–water partition coefficient (Wildman–Crippen LogP) is 2.96. The third-order valence-electron chi connectivity index (χ3n) is 2.95. The lowest BCUT2D eigenvalue weighted by Crippen LogP contribution is -2.30. The number of ether oxygens (including phenoxy) is 1. The van der Waals surface area contributed by atoms with Gasteiger partial charge in [0.25, 0.3) is 0 Å². The van der Waals surface area contributed by atoms with Gasteiger partial charge in [-0.3, -0.25) is 0 Å². The highest BCUT2D eigenvalue weighted by Gasteiger charge is 2.16. The smallest absolute Gasteiger partial charge is 0.123 e. The monoisotopic (exact) mass is 315 g/mol. The molecule has 0 saturated carbocycles. The third kappa shape index (κ3) is 4.96. The van der Waals surface area contributed by atoms with Crippen LogP contribution >= 0.6 is 15.9 Å². The van der Waals surface area contributed by atoms with Crippen molar-refractivity contribution in [3.05, 3.63) is 28.2 Å². The fourth-order valence-electron chi connectivity index (χ4n) is 1.81. The van der Waals surface area contributed by atoms with Crippen LogP contribution in [0.15, 0.2) is 22.7 Å². The summed E-state index contributed by atoms with van der Waals surface area (Å²) in [5, 5.41) is 12.4. The topological polar surface area (TPSA) is 41.5 Å². The lowest BCUT2D eigenvalue weighted by molar-refractivity contribution is 0.207. The molecule has 0 radical (unpaired) electrons. The molecular formula is C14H22BrNO2. The minimum absolute atomic E-state index is 0.105. The van der Waals surface area contributed by atoms with E-state index in [1.807, 2.05) is 12.1 Å². The molecule has 102 valence electrons.